The molecule has 1 aliphatic rings. The summed E-state index contributed by atoms with van der Waals surface area (Å²) < 4.78 is 14.0. The molecule has 5 N–H and O–H groups in total. The van der Waals surface area contributed by atoms with Crippen LogP contribution in [0.25, 0.3) is 0 Å². The molecule has 0 aromatic heterocycles. The minimum Gasteiger partial charge on any atom is -0.384 e. The monoisotopic (exact) mass is 391 g/mol. The van der Waals surface area contributed by atoms with Gasteiger partial charge in [0, 0.05) is 5.56 Å². The van der Waals surface area contributed by atoms with Crippen LogP contribution < -0.4 is 16.8 Å². The molecular formula is C19H26FN5OS. The topological polar surface area (TPSA) is 108 Å². The highest BCUT2D eigenvalue weighted by molar-refractivity contribution is 7.84. The average molecular weight is 392 g/mol. The summed E-state index contributed by atoms with van der Waals surface area (Å²) in [5.74, 6) is -2.29. The lowest BCUT2D eigenvalue weighted by atomic mass is 9.83. The summed E-state index contributed by atoms with van der Waals surface area (Å²) in [4.78, 5) is 14.0. The maximum atomic E-state index is 14.0. The molecule has 146 valence electrons. The Balaban J connectivity index is 0.000000445. The Kier molecular flexibility index (Phi) is 8.85. The Morgan fingerprint density at radius 3 is 2.26 bits per heavy atom. The molecule has 1 unspecified atom stereocenters. The lowest BCUT2D eigenvalue weighted by Crippen LogP contribution is -2.34. The standard InChI is InChI=1S/C13H11FN4OS.C6H15N/c14-8-4-2-1-3-6(8)9-7(5-15)11(16)18-13(20)10(9)12(17)19;1-4-7(5-2)6-3/h1-4,9,18,20H,16H2,(H2,17,19);4-6H2,1-3H3. The van der Waals surface area contributed by atoms with Gasteiger partial charge in [0.1, 0.15) is 11.6 Å². The van der Waals surface area contributed by atoms with E-state index < -0.39 is 17.6 Å². The maximum absolute atomic E-state index is 14.0. The molecule has 0 aliphatic carbocycles. The van der Waals surface area contributed by atoms with Crippen LogP contribution in [0.3, 0.4) is 0 Å². The molecule has 1 aliphatic heterocycles. The first kappa shape index (κ1) is 22.5. The lowest BCUT2D eigenvalue weighted by molar-refractivity contribution is -0.114. The van der Waals surface area contributed by atoms with Gasteiger partial charge in [-0.1, -0.05) is 39.0 Å². The fourth-order valence-electron chi connectivity index (χ4n) is 2.77. The quantitative estimate of drug-likeness (QED) is 0.576. The van der Waals surface area contributed by atoms with Gasteiger partial charge in [-0.15, -0.1) is 12.6 Å². The molecular weight excluding hydrogens is 365 g/mol. The third-order valence-electron chi connectivity index (χ3n) is 4.32. The number of thiol groups is 1. The van der Waals surface area contributed by atoms with Crippen LogP contribution in [0.15, 0.2) is 46.3 Å². The fraction of sp³-hybridized carbons (Fsp3) is 0.368. The second-order valence-corrected chi connectivity index (χ2v) is 6.21. The second-order valence-electron chi connectivity index (χ2n) is 5.76. The van der Waals surface area contributed by atoms with E-state index in [4.69, 9.17) is 11.5 Å². The van der Waals surface area contributed by atoms with Gasteiger partial charge in [0.2, 0.25) is 5.91 Å². The third kappa shape index (κ3) is 5.49. The molecule has 1 atom stereocenters. The van der Waals surface area contributed by atoms with E-state index in [0.717, 1.165) is 0 Å². The van der Waals surface area contributed by atoms with Crippen LogP contribution in [0.2, 0.25) is 0 Å². The van der Waals surface area contributed by atoms with Crippen molar-refractivity contribution in [2.45, 2.75) is 26.7 Å². The molecule has 0 spiro atoms. The normalized spacial score (nSPS) is 16.4. The van der Waals surface area contributed by atoms with E-state index >= 15 is 0 Å². The number of nitriles is 1. The van der Waals surface area contributed by atoms with Crippen LogP contribution >= 0.6 is 12.6 Å². The molecule has 6 nitrogen and oxygen atoms in total. The minimum absolute atomic E-state index is 0.00387. The summed E-state index contributed by atoms with van der Waals surface area (Å²) in [6, 6.07) is 7.70. The molecule has 0 radical (unpaired) electrons. The first-order valence-corrected chi connectivity index (χ1v) is 9.13. The van der Waals surface area contributed by atoms with E-state index in [1.807, 2.05) is 6.07 Å². The molecule has 2 rings (SSSR count). The number of allylic oxidation sites excluding steroid dienone is 1. The summed E-state index contributed by atoms with van der Waals surface area (Å²) in [5.41, 5.74) is 11.2. The number of primary amides is 1. The van der Waals surface area contributed by atoms with Gasteiger partial charge in [-0.2, -0.15) is 5.26 Å². The molecule has 1 aromatic rings. The van der Waals surface area contributed by atoms with Crippen molar-refractivity contribution < 1.29 is 9.18 Å². The molecule has 27 heavy (non-hydrogen) atoms. The molecule has 0 saturated heterocycles. The summed E-state index contributed by atoms with van der Waals surface area (Å²) in [6.45, 7) is 10.1. The zero-order valence-corrected chi connectivity index (χ0v) is 16.7. The van der Waals surface area contributed by atoms with Gasteiger partial charge in [-0.05, 0) is 25.7 Å². The largest absolute Gasteiger partial charge is 0.384 e. The fourth-order valence-corrected chi connectivity index (χ4v) is 3.13. The zero-order chi connectivity index (χ0) is 20.6. The number of halogens is 1. The van der Waals surface area contributed by atoms with Crippen LogP contribution in [-0.4, -0.2) is 30.4 Å². The van der Waals surface area contributed by atoms with E-state index in [9.17, 15) is 14.4 Å². The van der Waals surface area contributed by atoms with Crippen LogP contribution in [0, 0.1) is 17.1 Å². The number of benzene rings is 1. The molecule has 1 aromatic carbocycles. The highest BCUT2D eigenvalue weighted by Gasteiger charge is 2.34. The Morgan fingerprint density at radius 1 is 1.30 bits per heavy atom. The van der Waals surface area contributed by atoms with Gasteiger partial charge < -0.3 is 21.7 Å². The van der Waals surface area contributed by atoms with Gasteiger partial charge in [0.05, 0.1) is 28.2 Å². The van der Waals surface area contributed by atoms with Gasteiger partial charge in [0.15, 0.2) is 0 Å². The van der Waals surface area contributed by atoms with Crippen molar-refractivity contribution in [2.75, 3.05) is 19.6 Å². The van der Waals surface area contributed by atoms with Crippen molar-refractivity contribution >= 4 is 18.5 Å². The molecule has 0 saturated carbocycles. The Morgan fingerprint density at radius 2 is 1.85 bits per heavy atom. The SMILES string of the molecule is CCN(CC)CC.N#CC1=C(N)NC(S)=C(C(N)=O)C1c1ccccc1F. The molecule has 0 bridgehead atoms. The number of nitrogens with zero attached hydrogens (tertiary/aromatic N) is 2. The summed E-state index contributed by atoms with van der Waals surface area (Å²) in [5, 5.41) is 11.9. The Bertz CT molecular complexity index is 775. The number of carbonyl (C=O) groups is 1. The van der Waals surface area contributed by atoms with Crippen LogP contribution in [-0.2, 0) is 4.79 Å². The number of hydrogen-bond donors (Lipinski definition) is 4. The van der Waals surface area contributed by atoms with Crippen molar-refractivity contribution in [1.82, 2.24) is 10.2 Å². The highest BCUT2D eigenvalue weighted by atomic mass is 32.1. The number of carbonyl (C=O) groups excluding carboxylic acids is 1. The molecule has 1 heterocycles. The van der Waals surface area contributed by atoms with E-state index in [1.165, 1.54) is 37.8 Å². The molecule has 8 heteroatoms. The second kappa shape index (κ2) is 10.6. The van der Waals surface area contributed by atoms with E-state index in [0.29, 0.717) is 0 Å². The Labute approximate surface area is 165 Å². The number of nitrogens with two attached hydrogens (primary N) is 2. The lowest BCUT2D eigenvalue weighted by Gasteiger charge is -2.27. The van der Waals surface area contributed by atoms with Crippen LogP contribution in [0.5, 0.6) is 0 Å². The van der Waals surface area contributed by atoms with Crippen LogP contribution in [0.1, 0.15) is 32.3 Å². The summed E-state index contributed by atoms with van der Waals surface area (Å²) >= 11 is 4.10. The number of dihydropyridines is 1. The van der Waals surface area contributed by atoms with Crippen molar-refractivity contribution in [1.29, 1.82) is 5.26 Å². The van der Waals surface area contributed by atoms with Gasteiger partial charge in [-0.25, -0.2) is 4.39 Å². The van der Waals surface area contributed by atoms with E-state index in [-0.39, 0.29) is 27.6 Å². The number of nitrogens with one attached hydrogen (secondary N) is 1. The minimum atomic E-state index is -0.965. The summed E-state index contributed by atoms with van der Waals surface area (Å²) in [6.07, 6.45) is 0. The molecule has 1 amide bonds. The number of hydrogen-bond acceptors (Lipinski definition) is 6. The van der Waals surface area contributed by atoms with Gasteiger partial charge >= 0.3 is 0 Å². The maximum Gasteiger partial charge on any atom is 0.248 e. The van der Waals surface area contributed by atoms with Gasteiger partial charge in [0.25, 0.3) is 0 Å². The van der Waals surface area contributed by atoms with Gasteiger partial charge in [-0.3, -0.25) is 4.79 Å². The predicted molar refractivity (Wildman–Crippen MR) is 108 cm³/mol. The predicted octanol–water partition coefficient (Wildman–Crippen LogP) is 2.18. The average Bonchev–Trinajstić information content (AvgIpc) is 2.63. The third-order valence-corrected chi connectivity index (χ3v) is 4.67. The Hall–Kier alpha value is -2.50. The van der Waals surface area contributed by atoms with Crippen molar-refractivity contribution in [2.24, 2.45) is 11.5 Å². The highest BCUT2D eigenvalue weighted by Crippen LogP contribution is 2.38. The summed E-state index contributed by atoms with van der Waals surface area (Å²) in [7, 11) is 0. The first-order chi connectivity index (χ1) is 12.8. The van der Waals surface area contributed by atoms with E-state index in [1.54, 1.807) is 6.07 Å². The van der Waals surface area contributed by atoms with Crippen LogP contribution in [0.4, 0.5) is 4.39 Å². The van der Waals surface area contributed by atoms with Crippen molar-refractivity contribution in [3.05, 3.63) is 57.6 Å². The smallest absolute Gasteiger partial charge is 0.248 e. The first-order valence-electron chi connectivity index (χ1n) is 8.68. The zero-order valence-electron chi connectivity index (χ0n) is 15.8. The molecule has 0 fully saturated rings. The number of amides is 1. The van der Waals surface area contributed by atoms with Crippen molar-refractivity contribution in [3.63, 3.8) is 0 Å². The van der Waals surface area contributed by atoms with E-state index in [2.05, 4.69) is 43.6 Å². The van der Waals surface area contributed by atoms with Crippen molar-refractivity contribution in [3.8, 4) is 6.07 Å². The number of rotatable bonds is 5.